The van der Waals surface area contributed by atoms with Crippen LogP contribution in [0.2, 0.25) is 0 Å². The van der Waals surface area contributed by atoms with Gasteiger partial charge in [0.05, 0.1) is 0 Å². The van der Waals surface area contributed by atoms with Crippen molar-refractivity contribution in [3.8, 4) is 0 Å². The predicted octanol–water partition coefficient (Wildman–Crippen LogP) is 7.52. The first-order valence-electron chi connectivity index (χ1n) is 13.8. The summed E-state index contributed by atoms with van der Waals surface area (Å²) in [5.74, 6) is 1.29. The number of urea groups is 1. The molecule has 0 radical (unpaired) electrons. The Labute approximate surface area is 218 Å². The standard InChI is InChI=1S/C32H43N3O/c1-25(2)17-20-34-21-18-28(19-22-34)24-35(32(36)33-31-15-9-26(3)10-16-31)23-27-11-13-30(14-12-27)29-7-5-4-6-8-29/h5,7-16,25,28H,4,6,17-24H2,1-3H3,(H,33,36). The minimum atomic E-state index is -0.0110. The van der Waals surface area contributed by atoms with Gasteiger partial charge in [-0.1, -0.05) is 74.0 Å². The Morgan fingerprint density at radius 1 is 1.03 bits per heavy atom. The van der Waals surface area contributed by atoms with Crippen molar-refractivity contribution in [2.75, 3.05) is 31.5 Å². The van der Waals surface area contributed by atoms with Crippen LogP contribution < -0.4 is 5.32 Å². The molecule has 1 aliphatic carbocycles. The average molecular weight is 486 g/mol. The number of carbonyl (C=O) groups is 1. The number of hydrogen-bond acceptors (Lipinski definition) is 2. The lowest BCUT2D eigenvalue weighted by Crippen LogP contribution is -2.42. The molecule has 1 N–H and O–H groups in total. The normalized spacial score (nSPS) is 16.7. The molecule has 4 rings (SSSR count). The SMILES string of the molecule is Cc1ccc(NC(=O)N(Cc2ccc(C3=CCCC=C3)cc2)CC2CCN(CCC(C)C)CC2)cc1. The second-order valence-corrected chi connectivity index (χ2v) is 11.0. The van der Waals surface area contributed by atoms with E-state index in [9.17, 15) is 4.79 Å². The Morgan fingerprint density at radius 2 is 1.75 bits per heavy atom. The molecule has 0 unspecified atom stereocenters. The largest absolute Gasteiger partial charge is 0.322 e. The molecule has 2 aromatic carbocycles. The Hall–Kier alpha value is -2.85. The number of carbonyl (C=O) groups excluding carboxylic acids is 1. The van der Waals surface area contributed by atoms with E-state index >= 15 is 0 Å². The highest BCUT2D eigenvalue weighted by atomic mass is 16.2. The van der Waals surface area contributed by atoms with E-state index in [1.807, 2.05) is 29.2 Å². The van der Waals surface area contributed by atoms with Crippen molar-refractivity contribution in [1.29, 1.82) is 0 Å². The number of hydrogen-bond donors (Lipinski definition) is 1. The summed E-state index contributed by atoms with van der Waals surface area (Å²) in [7, 11) is 0. The summed E-state index contributed by atoms with van der Waals surface area (Å²) in [6, 6.07) is 16.8. The predicted molar refractivity (Wildman–Crippen MR) is 152 cm³/mol. The number of anilines is 1. The highest BCUT2D eigenvalue weighted by Crippen LogP contribution is 2.24. The zero-order valence-corrected chi connectivity index (χ0v) is 22.4. The van der Waals surface area contributed by atoms with Gasteiger partial charge in [0.2, 0.25) is 0 Å². The van der Waals surface area contributed by atoms with Crippen LogP contribution in [0.1, 0.15) is 62.6 Å². The molecule has 2 aromatic rings. The smallest absolute Gasteiger partial charge is 0.320 e. The maximum atomic E-state index is 13.4. The zero-order valence-electron chi connectivity index (χ0n) is 22.4. The number of allylic oxidation sites excluding steroid dienone is 4. The number of benzene rings is 2. The fourth-order valence-electron chi connectivity index (χ4n) is 5.05. The van der Waals surface area contributed by atoms with Gasteiger partial charge in [-0.05, 0) is 99.3 Å². The number of nitrogens with zero attached hydrogens (tertiary/aromatic N) is 2. The van der Waals surface area contributed by atoms with Crippen molar-refractivity contribution in [3.05, 3.63) is 83.4 Å². The summed E-state index contributed by atoms with van der Waals surface area (Å²) in [6.45, 7) is 11.6. The minimum Gasteiger partial charge on any atom is -0.320 e. The highest BCUT2D eigenvalue weighted by molar-refractivity contribution is 5.89. The Balaban J connectivity index is 1.41. The van der Waals surface area contributed by atoms with Gasteiger partial charge in [-0.3, -0.25) is 0 Å². The van der Waals surface area contributed by atoms with Crippen LogP contribution in [0, 0.1) is 18.8 Å². The lowest BCUT2D eigenvalue weighted by Gasteiger charge is -2.35. The van der Waals surface area contributed by atoms with Crippen LogP contribution >= 0.6 is 0 Å². The van der Waals surface area contributed by atoms with Crippen LogP contribution in [0.15, 0.2) is 66.8 Å². The number of amides is 2. The molecule has 0 aromatic heterocycles. The third kappa shape index (κ3) is 7.83. The molecule has 1 aliphatic heterocycles. The Bertz CT molecular complexity index is 1030. The third-order valence-electron chi connectivity index (χ3n) is 7.45. The van der Waals surface area contributed by atoms with Gasteiger partial charge in [-0.25, -0.2) is 4.79 Å². The van der Waals surface area contributed by atoms with E-state index in [-0.39, 0.29) is 6.03 Å². The molecule has 0 bridgehead atoms. The summed E-state index contributed by atoms with van der Waals surface area (Å²) in [5.41, 5.74) is 5.76. The number of rotatable bonds is 9. The van der Waals surface area contributed by atoms with Crippen LogP contribution in [0.25, 0.3) is 5.57 Å². The van der Waals surface area contributed by atoms with Gasteiger partial charge >= 0.3 is 6.03 Å². The summed E-state index contributed by atoms with van der Waals surface area (Å²) in [4.78, 5) is 18.0. The van der Waals surface area contributed by atoms with E-state index < -0.39 is 0 Å². The van der Waals surface area contributed by atoms with E-state index in [4.69, 9.17) is 0 Å². The minimum absolute atomic E-state index is 0.0110. The fraction of sp³-hybridized carbons (Fsp3) is 0.469. The third-order valence-corrected chi connectivity index (χ3v) is 7.45. The molecule has 1 fully saturated rings. The van der Waals surface area contributed by atoms with Gasteiger partial charge in [0.1, 0.15) is 0 Å². The van der Waals surface area contributed by atoms with Crippen molar-refractivity contribution in [1.82, 2.24) is 9.80 Å². The summed E-state index contributed by atoms with van der Waals surface area (Å²) in [5, 5.41) is 3.14. The van der Waals surface area contributed by atoms with Crippen molar-refractivity contribution in [2.24, 2.45) is 11.8 Å². The van der Waals surface area contributed by atoms with Crippen molar-refractivity contribution in [3.63, 3.8) is 0 Å². The molecule has 0 atom stereocenters. The molecule has 4 heteroatoms. The topological polar surface area (TPSA) is 35.6 Å². The number of piperidine rings is 1. The Kier molecular flexibility index (Phi) is 9.41. The van der Waals surface area contributed by atoms with Crippen molar-refractivity contribution >= 4 is 17.3 Å². The molecular weight excluding hydrogens is 442 g/mol. The molecule has 2 aliphatic rings. The highest BCUT2D eigenvalue weighted by Gasteiger charge is 2.24. The quantitative estimate of drug-likeness (QED) is 0.399. The molecule has 1 heterocycles. The molecule has 1 saturated heterocycles. The van der Waals surface area contributed by atoms with Crippen LogP contribution in [0.4, 0.5) is 10.5 Å². The fourth-order valence-corrected chi connectivity index (χ4v) is 5.05. The zero-order chi connectivity index (χ0) is 25.3. The van der Waals surface area contributed by atoms with Crippen LogP contribution in [0.5, 0.6) is 0 Å². The lowest BCUT2D eigenvalue weighted by atomic mass is 9.95. The van der Waals surface area contributed by atoms with Gasteiger partial charge in [-0.15, -0.1) is 0 Å². The average Bonchev–Trinajstić information content (AvgIpc) is 2.90. The maximum absolute atomic E-state index is 13.4. The first kappa shape index (κ1) is 26.2. The van der Waals surface area contributed by atoms with Crippen LogP contribution in [0.3, 0.4) is 0 Å². The summed E-state index contributed by atoms with van der Waals surface area (Å²) < 4.78 is 0. The van der Waals surface area contributed by atoms with E-state index in [0.29, 0.717) is 12.5 Å². The van der Waals surface area contributed by atoms with E-state index in [0.717, 1.165) is 56.9 Å². The molecular formula is C32H43N3O. The van der Waals surface area contributed by atoms with Gasteiger partial charge < -0.3 is 15.1 Å². The lowest BCUT2D eigenvalue weighted by molar-refractivity contribution is 0.144. The van der Waals surface area contributed by atoms with Gasteiger partial charge in [0, 0.05) is 18.8 Å². The first-order chi connectivity index (χ1) is 17.5. The van der Waals surface area contributed by atoms with Gasteiger partial charge in [0.15, 0.2) is 0 Å². The molecule has 4 nitrogen and oxygen atoms in total. The Morgan fingerprint density at radius 3 is 2.39 bits per heavy atom. The molecule has 0 saturated carbocycles. The summed E-state index contributed by atoms with van der Waals surface area (Å²) >= 11 is 0. The van der Waals surface area contributed by atoms with Crippen LogP contribution in [-0.4, -0.2) is 42.0 Å². The molecule has 2 amide bonds. The monoisotopic (exact) mass is 485 g/mol. The van der Waals surface area contributed by atoms with Crippen molar-refractivity contribution < 1.29 is 4.79 Å². The second-order valence-electron chi connectivity index (χ2n) is 11.0. The number of nitrogens with one attached hydrogen (secondary N) is 1. The molecule has 192 valence electrons. The summed E-state index contributed by atoms with van der Waals surface area (Å²) in [6.07, 6.45) is 12.6. The number of likely N-dealkylation sites (tertiary alicyclic amines) is 1. The maximum Gasteiger partial charge on any atom is 0.322 e. The van der Waals surface area contributed by atoms with Crippen LogP contribution in [-0.2, 0) is 6.54 Å². The molecule has 0 spiro atoms. The van der Waals surface area contributed by atoms with E-state index in [1.165, 1.54) is 35.2 Å². The van der Waals surface area contributed by atoms with E-state index in [2.05, 4.69) is 73.5 Å². The molecule has 36 heavy (non-hydrogen) atoms. The number of aryl methyl sites for hydroxylation is 1. The van der Waals surface area contributed by atoms with Crippen molar-refractivity contribution in [2.45, 2.75) is 59.4 Å². The van der Waals surface area contributed by atoms with Gasteiger partial charge in [-0.2, -0.15) is 0 Å². The second kappa shape index (κ2) is 12.9. The van der Waals surface area contributed by atoms with Gasteiger partial charge in [0.25, 0.3) is 0 Å². The first-order valence-corrected chi connectivity index (χ1v) is 13.8. The van der Waals surface area contributed by atoms with E-state index in [1.54, 1.807) is 0 Å².